The molecule has 2 N–H and O–H groups in total. The molecule has 3 aromatic rings. The Morgan fingerprint density at radius 2 is 1.83 bits per heavy atom. The molecule has 1 saturated carbocycles. The van der Waals surface area contributed by atoms with Gasteiger partial charge >= 0.3 is 0 Å². The highest BCUT2D eigenvalue weighted by atomic mass is 16.5. The van der Waals surface area contributed by atoms with Gasteiger partial charge in [-0.25, -0.2) is 0 Å². The maximum atomic E-state index is 13.0. The maximum absolute atomic E-state index is 13.0. The number of aromatic nitrogens is 1. The predicted molar refractivity (Wildman–Crippen MR) is 119 cm³/mol. The average molecular weight is 407 g/mol. The Labute approximate surface area is 177 Å². The summed E-state index contributed by atoms with van der Waals surface area (Å²) in [6.45, 7) is 0. The summed E-state index contributed by atoms with van der Waals surface area (Å²) in [5.74, 6) is 1.38. The molecule has 1 atom stereocenters. The molecule has 5 nitrogen and oxygen atoms in total. The molecule has 1 amide bonds. The van der Waals surface area contributed by atoms with Gasteiger partial charge in [-0.2, -0.15) is 0 Å². The first-order valence-corrected chi connectivity index (χ1v) is 10.8. The monoisotopic (exact) mass is 406 g/mol. The van der Waals surface area contributed by atoms with Crippen LogP contribution in [-0.2, 0) is 4.79 Å². The lowest BCUT2D eigenvalue weighted by molar-refractivity contribution is -0.122. The molecule has 0 saturated heterocycles. The number of aromatic amines is 1. The number of methoxy groups -OCH3 is 2. The number of amides is 1. The summed E-state index contributed by atoms with van der Waals surface area (Å²) >= 11 is 0. The number of para-hydroxylation sites is 1. The first-order chi connectivity index (χ1) is 14.7. The molecule has 2 aromatic carbocycles. The van der Waals surface area contributed by atoms with E-state index in [1.165, 1.54) is 19.3 Å². The van der Waals surface area contributed by atoms with Gasteiger partial charge in [-0.1, -0.05) is 43.5 Å². The molecular formula is C25H30N2O3. The Morgan fingerprint density at radius 1 is 1.07 bits per heavy atom. The zero-order chi connectivity index (χ0) is 20.9. The van der Waals surface area contributed by atoms with Crippen LogP contribution in [0.2, 0.25) is 0 Å². The van der Waals surface area contributed by atoms with E-state index in [2.05, 4.69) is 22.4 Å². The Balaban J connectivity index is 1.67. The Hall–Kier alpha value is -2.95. The SMILES string of the molecule is COc1ccc(C(CC(=O)NC2CCCCC2)c2c[nH]c3ccccc23)cc1OC. The number of H-pyrrole nitrogens is 1. The lowest BCUT2D eigenvalue weighted by Gasteiger charge is -2.24. The Kier molecular flexibility index (Phi) is 6.26. The van der Waals surface area contributed by atoms with E-state index in [1.807, 2.05) is 36.5 Å². The van der Waals surface area contributed by atoms with Crippen molar-refractivity contribution in [3.63, 3.8) is 0 Å². The highest BCUT2D eigenvalue weighted by Gasteiger charge is 2.24. The minimum absolute atomic E-state index is 0.0791. The van der Waals surface area contributed by atoms with Crippen LogP contribution < -0.4 is 14.8 Å². The quantitative estimate of drug-likeness (QED) is 0.570. The van der Waals surface area contributed by atoms with Crippen molar-refractivity contribution in [2.45, 2.75) is 50.5 Å². The average Bonchev–Trinajstić information content (AvgIpc) is 3.21. The van der Waals surface area contributed by atoms with Crippen LogP contribution in [0.15, 0.2) is 48.7 Å². The molecule has 1 aliphatic carbocycles. The van der Waals surface area contributed by atoms with Crippen LogP contribution in [0, 0.1) is 0 Å². The van der Waals surface area contributed by atoms with Gasteiger partial charge in [-0.15, -0.1) is 0 Å². The Bertz CT molecular complexity index is 1000. The van der Waals surface area contributed by atoms with Crippen molar-refractivity contribution in [1.82, 2.24) is 10.3 Å². The summed E-state index contributed by atoms with van der Waals surface area (Å²) in [6, 6.07) is 14.5. The van der Waals surface area contributed by atoms with E-state index in [1.54, 1.807) is 14.2 Å². The number of rotatable bonds is 7. The third-order valence-corrected chi connectivity index (χ3v) is 6.17. The summed E-state index contributed by atoms with van der Waals surface area (Å²) in [6.07, 6.45) is 8.27. The highest BCUT2D eigenvalue weighted by molar-refractivity contribution is 5.86. The zero-order valence-corrected chi connectivity index (χ0v) is 17.7. The van der Waals surface area contributed by atoms with Gasteiger partial charge in [0.25, 0.3) is 0 Å². The summed E-state index contributed by atoms with van der Waals surface area (Å²) < 4.78 is 10.9. The van der Waals surface area contributed by atoms with Crippen molar-refractivity contribution in [2.75, 3.05) is 14.2 Å². The molecule has 1 aliphatic rings. The molecule has 1 fully saturated rings. The van der Waals surface area contributed by atoms with Gasteiger partial charge in [0.2, 0.25) is 5.91 Å². The van der Waals surface area contributed by atoms with Gasteiger partial charge in [0.1, 0.15) is 0 Å². The van der Waals surface area contributed by atoms with E-state index in [-0.39, 0.29) is 11.8 Å². The zero-order valence-electron chi connectivity index (χ0n) is 17.7. The van der Waals surface area contributed by atoms with Crippen LogP contribution in [0.3, 0.4) is 0 Å². The van der Waals surface area contributed by atoms with E-state index >= 15 is 0 Å². The standard InChI is InChI=1S/C25H30N2O3/c1-29-23-13-12-17(14-24(23)30-2)20(15-25(28)27-18-8-4-3-5-9-18)21-16-26-22-11-7-6-10-19(21)22/h6-7,10-14,16,18,20,26H,3-5,8-9,15H2,1-2H3,(H,27,28). The molecule has 1 unspecified atom stereocenters. The second-order valence-electron chi connectivity index (χ2n) is 8.06. The number of carbonyl (C=O) groups is 1. The van der Waals surface area contributed by atoms with E-state index in [0.29, 0.717) is 24.0 Å². The fourth-order valence-corrected chi connectivity index (χ4v) is 4.58. The van der Waals surface area contributed by atoms with Gasteiger partial charge in [0, 0.05) is 35.5 Å². The molecule has 4 rings (SSSR count). The lowest BCUT2D eigenvalue weighted by atomic mass is 9.87. The van der Waals surface area contributed by atoms with Gasteiger partial charge in [-0.05, 0) is 42.2 Å². The van der Waals surface area contributed by atoms with E-state index < -0.39 is 0 Å². The number of ether oxygens (including phenoxy) is 2. The van der Waals surface area contributed by atoms with Crippen molar-refractivity contribution >= 4 is 16.8 Å². The summed E-state index contributed by atoms with van der Waals surface area (Å²) in [4.78, 5) is 16.4. The van der Waals surface area contributed by atoms with Gasteiger partial charge in [0.05, 0.1) is 14.2 Å². The van der Waals surface area contributed by atoms with E-state index in [4.69, 9.17) is 9.47 Å². The molecule has 0 bridgehead atoms. The number of hydrogen-bond donors (Lipinski definition) is 2. The molecule has 5 heteroatoms. The van der Waals surface area contributed by atoms with Crippen molar-refractivity contribution in [3.8, 4) is 11.5 Å². The molecule has 30 heavy (non-hydrogen) atoms. The normalized spacial score (nSPS) is 15.7. The first kappa shape index (κ1) is 20.3. The summed E-state index contributed by atoms with van der Waals surface area (Å²) in [5.41, 5.74) is 3.23. The lowest BCUT2D eigenvalue weighted by Crippen LogP contribution is -2.36. The molecule has 158 valence electrons. The fourth-order valence-electron chi connectivity index (χ4n) is 4.58. The van der Waals surface area contributed by atoms with Crippen LogP contribution in [-0.4, -0.2) is 31.2 Å². The first-order valence-electron chi connectivity index (χ1n) is 10.8. The van der Waals surface area contributed by atoms with Crippen LogP contribution in [0.25, 0.3) is 10.9 Å². The minimum atomic E-state index is -0.0791. The molecule has 0 radical (unpaired) electrons. The van der Waals surface area contributed by atoms with E-state index in [0.717, 1.165) is 34.9 Å². The summed E-state index contributed by atoms with van der Waals surface area (Å²) in [5, 5.41) is 4.42. The number of carbonyl (C=O) groups excluding carboxylic acids is 1. The number of fused-ring (bicyclic) bond motifs is 1. The number of benzene rings is 2. The predicted octanol–water partition coefficient (Wildman–Crippen LogP) is 5.16. The topological polar surface area (TPSA) is 63.3 Å². The molecular weight excluding hydrogens is 376 g/mol. The molecule has 1 heterocycles. The van der Waals surface area contributed by atoms with Crippen molar-refractivity contribution < 1.29 is 14.3 Å². The fraction of sp³-hybridized carbons (Fsp3) is 0.400. The van der Waals surface area contributed by atoms with Crippen LogP contribution in [0.1, 0.15) is 55.6 Å². The minimum Gasteiger partial charge on any atom is -0.493 e. The van der Waals surface area contributed by atoms with Crippen molar-refractivity contribution in [2.24, 2.45) is 0 Å². The maximum Gasteiger partial charge on any atom is 0.221 e. The second kappa shape index (κ2) is 9.24. The van der Waals surface area contributed by atoms with Crippen molar-refractivity contribution in [1.29, 1.82) is 0 Å². The van der Waals surface area contributed by atoms with E-state index in [9.17, 15) is 4.79 Å². The largest absolute Gasteiger partial charge is 0.493 e. The van der Waals surface area contributed by atoms with Crippen LogP contribution in [0.5, 0.6) is 11.5 Å². The molecule has 0 spiro atoms. The second-order valence-corrected chi connectivity index (χ2v) is 8.06. The molecule has 1 aromatic heterocycles. The Morgan fingerprint density at radius 3 is 2.60 bits per heavy atom. The van der Waals surface area contributed by atoms with Crippen LogP contribution >= 0.6 is 0 Å². The van der Waals surface area contributed by atoms with Gasteiger partial charge in [-0.3, -0.25) is 4.79 Å². The third kappa shape index (κ3) is 4.30. The number of hydrogen-bond acceptors (Lipinski definition) is 3. The molecule has 0 aliphatic heterocycles. The van der Waals surface area contributed by atoms with Gasteiger partial charge in [0.15, 0.2) is 11.5 Å². The van der Waals surface area contributed by atoms with Gasteiger partial charge < -0.3 is 19.8 Å². The highest BCUT2D eigenvalue weighted by Crippen LogP contribution is 2.37. The third-order valence-electron chi connectivity index (χ3n) is 6.17. The van der Waals surface area contributed by atoms with Crippen molar-refractivity contribution in [3.05, 3.63) is 59.8 Å². The smallest absolute Gasteiger partial charge is 0.221 e. The summed E-state index contributed by atoms with van der Waals surface area (Å²) in [7, 11) is 3.27. The number of nitrogens with one attached hydrogen (secondary N) is 2. The van der Waals surface area contributed by atoms with Crippen LogP contribution in [0.4, 0.5) is 0 Å².